The van der Waals surface area contributed by atoms with E-state index in [0.717, 1.165) is 67.4 Å². The van der Waals surface area contributed by atoms with E-state index >= 15 is 0 Å². The number of allylic oxidation sites excluding steroid dienone is 2. The number of furan rings is 2. The third-order valence-corrected chi connectivity index (χ3v) is 12.4. The molecule has 1 aliphatic rings. The van der Waals surface area contributed by atoms with Gasteiger partial charge in [0, 0.05) is 38.5 Å². The van der Waals surface area contributed by atoms with Crippen molar-refractivity contribution in [2.24, 2.45) is 0 Å². The van der Waals surface area contributed by atoms with Crippen LogP contribution in [0.1, 0.15) is 12.0 Å². The van der Waals surface area contributed by atoms with Crippen molar-refractivity contribution < 1.29 is 8.83 Å². The number of fused-ring (bicyclic) bond motifs is 8. The number of nitrogens with zero attached hydrogens (tertiary/aromatic N) is 1. The molecular formula is C58H39NO2. The molecule has 1 aliphatic carbocycles. The molecule has 3 heteroatoms. The highest BCUT2D eigenvalue weighted by Gasteiger charge is 2.23. The Balaban J connectivity index is 0.980. The first-order valence-corrected chi connectivity index (χ1v) is 21.0. The fourth-order valence-corrected chi connectivity index (χ4v) is 9.46. The van der Waals surface area contributed by atoms with Crippen molar-refractivity contribution >= 4 is 71.6 Å². The average Bonchev–Trinajstić information content (AvgIpc) is 3.92. The Morgan fingerprint density at radius 1 is 0.410 bits per heavy atom. The minimum absolute atomic E-state index is 0.0967. The third kappa shape index (κ3) is 6.05. The van der Waals surface area contributed by atoms with Gasteiger partial charge in [-0.2, -0.15) is 0 Å². The normalized spacial score (nSPS) is 14.0. The second-order valence-corrected chi connectivity index (χ2v) is 16.0. The molecule has 0 radical (unpaired) electrons. The summed E-state index contributed by atoms with van der Waals surface area (Å²) in [6, 6.07) is 71.8. The number of rotatable bonds is 7. The van der Waals surface area contributed by atoms with Crippen LogP contribution in [0.4, 0.5) is 11.4 Å². The summed E-state index contributed by atoms with van der Waals surface area (Å²) in [5, 5.41) is 6.97. The lowest BCUT2D eigenvalue weighted by molar-refractivity contribution is 0.669. The van der Waals surface area contributed by atoms with Gasteiger partial charge in [0.05, 0.1) is 6.04 Å². The van der Waals surface area contributed by atoms with Crippen LogP contribution in [0.2, 0.25) is 0 Å². The van der Waals surface area contributed by atoms with Crippen LogP contribution in [0.15, 0.2) is 227 Å². The predicted octanol–water partition coefficient (Wildman–Crippen LogP) is 16.2. The quantitative estimate of drug-likeness (QED) is 0.161. The lowest BCUT2D eigenvalue weighted by atomic mass is 9.91. The lowest BCUT2D eigenvalue weighted by Crippen LogP contribution is -2.30. The largest absolute Gasteiger partial charge is 0.456 e. The van der Waals surface area contributed by atoms with Gasteiger partial charge in [0.1, 0.15) is 22.3 Å². The van der Waals surface area contributed by atoms with Crippen molar-refractivity contribution in [1.82, 2.24) is 0 Å². The molecule has 11 aromatic rings. The Labute approximate surface area is 353 Å². The van der Waals surface area contributed by atoms with E-state index in [1.807, 2.05) is 24.3 Å². The van der Waals surface area contributed by atoms with Crippen LogP contribution in [0.25, 0.3) is 93.6 Å². The summed E-state index contributed by atoms with van der Waals surface area (Å²) >= 11 is 0. The van der Waals surface area contributed by atoms with Crippen LogP contribution in [0.3, 0.4) is 0 Å². The van der Waals surface area contributed by atoms with E-state index < -0.39 is 0 Å². The van der Waals surface area contributed by atoms with Crippen molar-refractivity contribution in [3.05, 3.63) is 224 Å². The van der Waals surface area contributed by atoms with Crippen molar-refractivity contribution in [3.8, 4) is 33.4 Å². The first-order valence-electron chi connectivity index (χ1n) is 21.0. The van der Waals surface area contributed by atoms with Gasteiger partial charge in [-0.25, -0.2) is 0 Å². The van der Waals surface area contributed by atoms with E-state index in [4.69, 9.17) is 8.83 Å². The van der Waals surface area contributed by atoms with Gasteiger partial charge >= 0.3 is 0 Å². The summed E-state index contributed by atoms with van der Waals surface area (Å²) in [6.07, 6.45) is 7.90. The van der Waals surface area contributed by atoms with Crippen LogP contribution in [0.5, 0.6) is 0 Å². The van der Waals surface area contributed by atoms with Gasteiger partial charge in [0.2, 0.25) is 0 Å². The van der Waals surface area contributed by atoms with Crippen LogP contribution < -0.4 is 4.90 Å². The smallest absolute Gasteiger partial charge is 0.143 e. The van der Waals surface area contributed by atoms with E-state index in [2.05, 4.69) is 199 Å². The number of para-hydroxylation sites is 3. The molecule has 3 nitrogen and oxygen atoms in total. The second-order valence-electron chi connectivity index (χ2n) is 16.0. The zero-order chi connectivity index (χ0) is 40.3. The van der Waals surface area contributed by atoms with Gasteiger partial charge in [-0.15, -0.1) is 0 Å². The molecular weight excluding hydrogens is 743 g/mol. The summed E-state index contributed by atoms with van der Waals surface area (Å²) in [5.74, 6) is 0. The van der Waals surface area contributed by atoms with Gasteiger partial charge < -0.3 is 13.7 Å². The Hall–Kier alpha value is -7.88. The first kappa shape index (κ1) is 35.1. The maximum absolute atomic E-state index is 6.46. The van der Waals surface area contributed by atoms with Gasteiger partial charge in [0.25, 0.3) is 0 Å². The SMILES string of the molecule is C1=CC(N(c2ccc(-c3cccc4c3oc3ccccc34)cc2)c2ccc(-c3ccc4c(ccc5oc6ccccc6c54)c3)c(-c3ccccc3)c2)CC=C1c1ccccc1. The number of hydrogen-bond acceptors (Lipinski definition) is 3. The maximum atomic E-state index is 6.46. The standard InChI is InChI=1S/C58H39NO2/c1-3-12-38(13-4-1)39-22-28-44(29-23-39)59(45-30-24-41(25-31-45)49-18-11-19-51-50-16-7-9-20-54(50)61-58(49)51)46-32-34-47(53(37-46)40-14-5-2-6-15-40)42-26-33-48-43(36-42)27-35-56-57(48)52-17-8-10-21-55(52)60-56/h1-28,30-37,44H,29H2. The zero-order valence-electron chi connectivity index (χ0n) is 33.3. The van der Waals surface area contributed by atoms with Crippen molar-refractivity contribution in [2.45, 2.75) is 12.5 Å². The zero-order valence-corrected chi connectivity index (χ0v) is 33.3. The minimum atomic E-state index is 0.0967. The summed E-state index contributed by atoms with van der Waals surface area (Å²) < 4.78 is 12.7. The monoisotopic (exact) mass is 781 g/mol. The molecule has 0 saturated carbocycles. The fourth-order valence-electron chi connectivity index (χ4n) is 9.46. The van der Waals surface area contributed by atoms with E-state index in [-0.39, 0.29) is 6.04 Å². The molecule has 0 N–H and O–H groups in total. The van der Waals surface area contributed by atoms with E-state index in [1.165, 1.54) is 49.5 Å². The fraction of sp³-hybridized carbons (Fsp3) is 0.0345. The summed E-state index contributed by atoms with van der Waals surface area (Å²) in [6.45, 7) is 0. The number of hydrogen-bond donors (Lipinski definition) is 0. The Morgan fingerprint density at radius 2 is 1.08 bits per heavy atom. The van der Waals surface area contributed by atoms with Gasteiger partial charge in [-0.05, 0) is 105 Å². The van der Waals surface area contributed by atoms with Crippen molar-refractivity contribution in [1.29, 1.82) is 0 Å². The third-order valence-electron chi connectivity index (χ3n) is 12.4. The van der Waals surface area contributed by atoms with Crippen LogP contribution in [-0.2, 0) is 0 Å². The molecule has 1 unspecified atom stereocenters. The lowest BCUT2D eigenvalue weighted by Gasteiger charge is -2.34. The number of benzene rings is 9. The topological polar surface area (TPSA) is 29.5 Å². The summed E-state index contributed by atoms with van der Waals surface area (Å²) in [4.78, 5) is 2.50. The van der Waals surface area contributed by atoms with Gasteiger partial charge in [-0.1, -0.05) is 170 Å². The highest BCUT2D eigenvalue weighted by Crippen LogP contribution is 2.43. The highest BCUT2D eigenvalue weighted by atomic mass is 16.3. The van der Waals surface area contributed by atoms with E-state index in [0.29, 0.717) is 0 Å². The van der Waals surface area contributed by atoms with Crippen molar-refractivity contribution in [2.75, 3.05) is 4.90 Å². The molecule has 2 aromatic heterocycles. The Kier molecular flexibility index (Phi) is 8.31. The predicted molar refractivity (Wildman–Crippen MR) is 255 cm³/mol. The molecule has 0 bridgehead atoms. The number of anilines is 2. The maximum Gasteiger partial charge on any atom is 0.143 e. The van der Waals surface area contributed by atoms with Crippen LogP contribution >= 0.6 is 0 Å². The molecule has 9 aromatic carbocycles. The first-order chi connectivity index (χ1) is 30.2. The summed E-state index contributed by atoms with van der Waals surface area (Å²) in [7, 11) is 0. The second kappa shape index (κ2) is 14.4. The molecule has 0 spiro atoms. The van der Waals surface area contributed by atoms with Crippen LogP contribution in [-0.4, -0.2) is 6.04 Å². The van der Waals surface area contributed by atoms with Gasteiger partial charge in [-0.3, -0.25) is 0 Å². The Morgan fingerprint density at radius 3 is 1.87 bits per heavy atom. The molecule has 288 valence electrons. The average molecular weight is 782 g/mol. The molecule has 0 amide bonds. The molecule has 12 rings (SSSR count). The molecule has 0 saturated heterocycles. The molecule has 61 heavy (non-hydrogen) atoms. The summed E-state index contributed by atoms with van der Waals surface area (Å²) in [5.41, 5.74) is 15.3. The molecule has 1 atom stereocenters. The minimum Gasteiger partial charge on any atom is -0.456 e. The molecule has 0 aliphatic heterocycles. The molecule has 0 fully saturated rings. The Bertz CT molecular complexity index is 3500. The highest BCUT2D eigenvalue weighted by molar-refractivity contribution is 6.19. The van der Waals surface area contributed by atoms with E-state index in [9.17, 15) is 0 Å². The molecule has 2 heterocycles. The van der Waals surface area contributed by atoms with E-state index in [1.54, 1.807) is 0 Å². The van der Waals surface area contributed by atoms with Crippen LogP contribution in [0, 0.1) is 0 Å². The van der Waals surface area contributed by atoms with Gasteiger partial charge in [0.15, 0.2) is 0 Å². The van der Waals surface area contributed by atoms with Crippen molar-refractivity contribution in [3.63, 3.8) is 0 Å².